The van der Waals surface area contributed by atoms with Gasteiger partial charge in [-0.25, -0.2) is 4.98 Å². The van der Waals surface area contributed by atoms with Gasteiger partial charge < -0.3 is 15.5 Å². The van der Waals surface area contributed by atoms with Crippen LogP contribution in [-0.2, 0) is 9.59 Å². The van der Waals surface area contributed by atoms with Crippen molar-refractivity contribution in [2.24, 2.45) is 5.92 Å². The van der Waals surface area contributed by atoms with Crippen molar-refractivity contribution in [2.75, 3.05) is 25.0 Å². The first-order valence-electron chi connectivity index (χ1n) is 7.77. The third-order valence-electron chi connectivity index (χ3n) is 3.96. The van der Waals surface area contributed by atoms with Crippen molar-refractivity contribution in [2.45, 2.75) is 39.2 Å². The van der Waals surface area contributed by atoms with Gasteiger partial charge in [-0.1, -0.05) is 0 Å². The van der Waals surface area contributed by atoms with Crippen LogP contribution in [0.5, 0.6) is 0 Å². The lowest BCUT2D eigenvalue weighted by Gasteiger charge is -2.33. The van der Waals surface area contributed by atoms with E-state index in [4.69, 9.17) is 0 Å². The van der Waals surface area contributed by atoms with Crippen LogP contribution < -0.4 is 10.6 Å². The van der Waals surface area contributed by atoms with E-state index in [9.17, 15) is 9.59 Å². The number of amides is 2. The number of nitrogens with zero attached hydrogens (tertiary/aromatic N) is 2. The highest BCUT2D eigenvalue weighted by molar-refractivity contribution is 7.13. The Morgan fingerprint density at radius 3 is 2.73 bits per heavy atom. The Hall–Kier alpha value is -1.47. The lowest BCUT2D eigenvalue weighted by atomic mass is 9.95. The van der Waals surface area contributed by atoms with Crippen LogP contribution in [0.3, 0.4) is 0 Å². The lowest BCUT2D eigenvalue weighted by molar-refractivity contribution is -0.126. The Labute approximate surface area is 135 Å². The van der Waals surface area contributed by atoms with Crippen molar-refractivity contribution in [1.82, 2.24) is 15.2 Å². The molecule has 1 aliphatic heterocycles. The third-order valence-corrected chi connectivity index (χ3v) is 4.65. The molecule has 1 aromatic heterocycles. The van der Waals surface area contributed by atoms with Crippen LogP contribution in [0, 0.1) is 5.92 Å². The molecule has 0 spiro atoms. The largest absolute Gasteiger partial charge is 0.355 e. The molecule has 0 aliphatic carbocycles. The van der Waals surface area contributed by atoms with Crippen LogP contribution >= 0.6 is 11.3 Å². The van der Waals surface area contributed by atoms with E-state index < -0.39 is 0 Å². The van der Waals surface area contributed by atoms with E-state index in [2.05, 4.69) is 34.4 Å². The van der Waals surface area contributed by atoms with E-state index in [-0.39, 0.29) is 24.2 Å². The molecule has 122 valence electrons. The molecule has 0 radical (unpaired) electrons. The number of likely N-dealkylation sites (tertiary alicyclic amines) is 1. The van der Waals surface area contributed by atoms with Crippen molar-refractivity contribution in [1.29, 1.82) is 0 Å². The number of carbonyl (C=O) groups is 2. The molecule has 2 heterocycles. The average Bonchev–Trinajstić information content (AvgIpc) is 3.00. The molecule has 0 atom stereocenters. The molecule has 0 unspecified atom stereocenters. The van der Waals surface area contributed by atoms with Crippen molar-refractivity contribution in [3.63, 3.8) is 0 Å². The van der Waals surface area contributed by atoms with Gasteiger partial charge in [0.25, 0.3) is 0 Å². The zero-order valence-corrected chi connectivity index (χ0v) is 14.0. The summed E-state index contributed by atoms with van der Waals surface area (Å²) in [4.78, 5) is 30.2. The molecular formula is C15H24N4O2S. The highest BCUT2D eigenvalue weighted by Gasteiger charge is 2.25. The van der Waals surface area contributed by atoms with Crippen LogP contribution in [0.15, 0.2) is 11.6 Å². The first-order valence-corrected chi connectivity index (χ1v) is 8.65. The van der Waals surface area contributed by atoms with Crippen LogP contribution in [0.2, 0.25) is 0 Å². The predicted octanol–water partition coefficient (Wildman–Crippen LogP) is 1.71. The highest BCUT2D eigenvalue weighted by Crippen LogP contribution is 2.19. The first-order chi connectivity index (χ1) is 10.6. The van der Waals surface area contributed by atoms with Crippen molar-refractivity contribution < 1.29 is 9.59 Å². The Morgan fingerprint density at radius 2 is 2.14 bits per heavy atom. The SMILES string of the molecule is CC(C)N1CCC(C(=O)NCCC(=O)Nc2nccs2)CC1. The summed E-state index contributed by atoms with van der Waals surface area (Å²) in [6.45, 7) is 6.68. The van der Waals surface area contributed by atoms with Crippen LogP contribution in [0.1, 0.15) is 33.1 Å². The van der Waals surface area contributed by atoms with Crippen LogP contribution in [-0.4, -0.2) is 47.4 Å². The Kier molecular flexibility index (Phi) is 6.33. The molecule has 0 saturated carbocycles. The highest BCUT2D eigenvalue weighted by atomic mass is 32.1. The summed E-state index contributed by atoms with van der Waals surface area (Å²) in [7, 11) is 0. The van der Waals surface area contributed by atoms with E-state index in [1.54, 1.807) is 11.6 Å². The summed E-state index contributed by atoms with van der Waals surface area (Å²) in [6.07, 6.45) is 3.71. The van der Waals surface area contributed by atoms with Gasteiger partial charge in [0.05, 0.1) is 0 Å². The summed E-state index contributed by atoms with van der Waals surface area (Å²) in [6, 6.07) is 0.540. The molecule has 2 N–H and O–H groups in total. The Morgan fingerprint density at radius 1 is 1.41 bits per heavy atom. The van der Waals surface area contributed by atoms with Gasteiger partial charge >= 0.3 is 0 Å². The second-order valence-electron chi connectivity index (χ2n) is 5.83. The summed E-state index contributed by atoms with van der Waals surface area (Å²) in [5.41, 5.74) is 0. The minimum absolute atomic E-state index is 0.0745. The van der Waals surface area contributed by atoms with E-state index in [0.29, 0.717) is 17.7 Å². The molecule has 7 heteroatoms. The first kappa shape index (κ1) is 16.9. The van der Waals surface area contributed by atoms with E-state index in [0.717, 1.165) is 25.9 Å². The van der Waals surface area contributed by atoms with Gasteiger partial charge in [0.1, 0.15) is 0 Å². The fourth-order valence-electron chi connectivity index (χ4n) is 2.59. The predicted molar refractivity (Wildman–Crippen MR) is 87.8 cm³/mol. The Bertz CT molecular complexity index is 482. The molecule has 2 rings (SSSR count). The fraction of sp³-hybridized carbons (Fsp3) is 0.667. The fourth-order valence-corrected chi connectivity index (χ4v) is 3.13. The average molecular weight is 324 g/mol. The standard InChI is InChI=1S/C15H24N4O2S/c1-11(2)19-8-4-12(5-9-19)14(21)16-6-3-13(20)18-15-17-7-10-22-15/h7,10-12H,3-6,8-9H2,1-2H3,(H,16,21)(H,17,18,20). The maximum atomic E-state index is 12.1. The number of hydrogen-bond acceptors (Lipinski definition) is 5. The Balaban J connectivity index is 1.63. The molecule has 1 aromatic rings. The van der Waals surface area contributed by atoms with Gasteiger partial charge in [-0.2, -0.15) is 0 Å². The third kappa shape index (κ3) is 5.06. The topological polar surface area (TPSA) is 74.3 Å². The molecule has 1 aliphatic rings. The van der Waals surface area contributed by atoms with Crippen LogP contribution in [0.25, 0.3) is 0 Å². The number of hydrogen-bond donors (Lipinski definition) is 2. The quantitative estimate of drug-likeness (QED) is 0.835. The van der Waals surface area contributed by atoms with Crippen molar-refractivity contribution >= 4 is 28.3 Å². The van der Waals surface area contributed by atoms with E-state index >= 15 is 0 Å². The second-order valence-corrected chi connectivity index (χ2v) is 6.73. The van der Waals surface area contributed by atoms with E-state index in [1.165, 1.54) is 11.3 Å². The van der Waals surface area contributed by atoms with Gasteiger partial charge in [-0.3, -0.25) is 9.59 Å². The number of aromatic nitrogens is 1. The molecule has 22 heavy (non-hydrogen) atoms. The molecular weight excluding hydrogens is 300 g/mol. The zero-order valence-electron chi connectivity index (χ0n) is 13.2. The number of carbonyl (C=O) groups excluding carboxylic acids is 2. The maximum Gasteiger partial charge on any atom is 0.227 e. The molecule has 2 amide bonds. The summed E-state index contributed by atoms with van der Waals surface area (Å²) < 4.78 is 0. The van der Waals surface area contributed by atoms with Gasteiger partial charge in [-0.05, 0) is 39.8 Å². The molecule has 0 aromatic carbocycles. The number of rotatable bonds is 6. The smallest absolute Gasteiger partial charge is 0.227 e. The zero-order chi connectivity index (χ0) is 15.9. The minimum atomic E-state index is -0.120. The number of nitrogens with one attached hydrogen (secondary N) is 2. The van der Waals surface area contributed by atoms with Gasteiger partial charge in [-0.15, -0.1) is 11.3 Å². The minimum Gasteiger partial charge on any atom is -0.355 e. The molecule has 1 fully saturated rings. The summed E-state index contributed by atoms with van der Waals surface area (Å²) in [5.74, 6) is 0.0346. The van der Waals surface area contributed by atoms with Crippen molar-refractivity contribution in [3.05, 3.63) is 11.6 Å². The number of thiazole rings is 1. The summed E-state index contributed by atoms with van der Waals surface area (Å²) >= 11 is 1.38. The second kappa shape index (κ2) is 8.24. The molecule has 1 saturated heterocycles. The summed E-state index contributed by atoms with van der Waals surface area (Å²) in [5, 5.41) is 7.98. The number of anilines is 1. The number of piperidine rings is 1. The van der Waals surface area contributed by atoms with Gasteiger partial charge in [0.15, 0.2) is 5.13 Å². The molecule has 6 nitrogen and oxygen atoms in total. The van der Waals surface area contributed by atoms with Crippen LogP contribution in [0.4, 0.5) is 5.13 Å². The maximum absolute atomic E-state index is 12.1. The normalized spacial score (nSPS) is 16.7. The van der Waals surface area contributed by atoms with Gasteiger partial charge in [0.2, 0.25) is 11.8 Å². The lowest BCUT2D eigenvalue weighted by Crippen LogP contribution is -2.43. The molecule has 0 bridgehead atoms. The van der Waals surface area contributed by atoms with E-state index in [1.807, 2.05) is 0 Å². The van der Waals surface area contributed by atoms with Crippen molar-refractivity contribution in [3.8, 4) is 0 Å². The van der Waals surface area contributed by atoms with Gasteiger partial charge in [0, 0.05) is 36.5 Å². The monoisotopic (exact) mass is 324 g/mol.